The van der Waals surface area contributed by atoms with Crippen LogP contribution in [-0.4, -0.2) is 49.3 Å². The number of hydrogen-bond acceptors (Lipinski definition) is 3. The van der Waals surface area contributed by atoms with Gasteiger partial charge in [0, 0.05) is 19.2 Å². The molecule has 0 radical (unpaired) electrons. The fraction of sp³-hybridized carbons (Fsp3) is 1.00. The number of likely N-dealkylation sites (tertiary alicyclic amines) is 1. The van der Waals surface area contributed by atoms with Gasteiger partial charge < -0.3 is 15.3 Å². The Morgan fingerprint density at radius 1 is 1.46 bits per heavy atom. The van der Waals surface area contributed by atoms with Gasteiger partial charge in [-0.25, -0.2) is 0 Å². The van der Waals surface area contributed by atoms with E-state index >= 15 is 0 Å². The first-order valence-corrected chi connectivity index (χ1v) is 5.26. The average Bonchev–Trinajstić information content (AvgIpc) is 2.19. The maximum Gasteiger partial charge on any atom is 0.0468 e. The molecule has 78 valence electrons. The van der Waals surface area contributed by atoms with Gasteiger partial charge in [-0.3, -0.25) is 0 Å². The molecule has 1 aliphatic heterocycles. The van der Waals surface area contributed by atoms with Gasteiger partial charge in [-0.05, 0) is 38.9 Å². The molecule has 0 amide bonds. The Balaban J connectivity index is 2.17. The first-order valence-electron chi connectivity index (χ1n) is 5.26. The highest BCUT2D eigenvalue weighted by Crippen LogP contribution is 2.11. The van der Waals surface area contributed by atoms with Gasteiger partial charge >= 0.3 is 0 Å². The maximum absolute atomic E-state index is 8.92. The minimum atomic E-state index is 0.311. The zero-order chi connectivity index (χ0) is 9.68. The number of hydrogen-bond donors (Lipinski definition) is 2. The predicted molar refractivity (Wildman–Crippen MR) is 54.8 cm³/mol. The molecule has 13 heavy (non-hydrogen) atoms. The molecule has 1 unspecified atom stereocenters. The highest BCUT2D eigenvalue weighted by atomic mass is 16.3. The Kier molecular flexibility index (Phi) is 4.70. The third-order valence-corrected chi connectivity index (χ3v) is 2.88. The summed E-state index contributed by atoms with van der Waals surface area (Å²) in [7, 11) is 2.04. The Morgan fingerprint density at radius 2 is 2.08 bits per heavy atom. The molecule has 1 saturated heterocycles. The van der Waals surface area contributed by atoms with Gasteiger partial charge in [-0.15, -0.1) is 0 Å². The fourth-order valence-electron chi connectivity index (χ4n) is 1.90. The second kappa shape index (κ2) is 5.58. The maximum atomic E-state index is 8.92. The molecule has 1 aliphatic rings. The van der Waals surface area contributed by atoms with Crippen molar-refractivity contribution in [2.45, 2.75) is 25.8 Å². The van der Waals surface area contributed by atoms with E-state index in [9.17, 15) is 0 Å². The van der Waals surface area contributed by atoms with Crippen molar-refractivity contribution in [1.82, 2.24) is 10.2 Å². The van der Waals surface area contributed by atoms with E-state index in [0.717, 1.165) is 6.54 Å². The third-order valence-electron chi connectivity index (χ3n) is 2.88. The summed E-state index contributed by atoms with van der Waals surface area (Å²) < 4.78 is 0. The molecule has 1 atom stereocenters. The number of rotatable bonds is 4. The molecule has 3 heteroatoms. The molecule has 0 aromatic heterocycles. The molecular formula is C10H22N2O. The molecule has 3 nitrogen and oxygen atoms in total. The van der Waals surface area contributed by atoms with Gasteiger partial charge in [0.2, 0.25) is 0 Å². The molecule has 1 rings (SSSR count). The number of nitrogens with zero attached hydrogens (tertiary/aromatic N) is 1. The minimum absolute atomic E-state index is 0.311. The summed E-state index contributed by atoms with van der Waals surface area (Å²) in [5, 5.41) is 12.2. The van der Waals surface area contributed by atoms with E-state index in [1.807, 2.05) is 7.05 Å². The van der Waals surface area contributed by atoms with Gasteiger partial charge in [-0.2, -0.15) is 0 Å². The van der Waals surface area contributed by atoms with Crippen LogP contribution in [0.5, 0.6) is 0 Å². The van der Waals surface area contributed by atoms with Crippen molar-refractivity contribution in [3.05, 3.63) is 0 Å². The van der Waals surface area contributed by atoms with Crippen molar-refractivity contribution < 1.29 is 5.11 Å². The van der Waals surface area contributed by atoms with E-state index < -0.39 is 0 Å². The average molecular weight is 186 g/mol. The number of nitrogens with one attached hydrogen (secondary N) is 1. The summed E-state index contributed by atoms with van der Waals surface area (Å²) in [6, 6.07) is 0.709. The van der Waals surface area contributed by atoms with Gasteiger partial charge in [0.05, 0.1) is 0 Å². The highest BCUT2D eigenvalue weighted by molar-refractivity contribution is 4.76. The van der Waals surface area contributed by atoms with E-state index in [1.165, 1.54) is 25.9 Å². The topological polar surface area (TPSA) is 35.5 Å². The van der Waals surface area contributed by atoms with Gasteiger partial charge in [0.1, 0.15) is 0 Å². The van der Waals surface area contributed by atoms with E-state index in [-0.39, 0.29) is 0 Å². The normalized spacial score (nSPS) is 23.3. The highest BCUT2D eigenvalue weighted by Gasteiger charge is 2.18. The summed E-state index contributed by atoms with van der Waals surface area (Å²) in [4.78, 5) is 2.45. The van der Waals surface area contributed by atoms with E-state index in [1.54, 1.807) is 0 Å². The number of aliphatic hydroxyl groups excluding tert-OH is 1. The molecule has 0 aliphatic carbocycles. The van der Waals surface area contributed by atoms with Gasteiger partial charge in [0.25, 0.3) is 0 Å². The van der Waals surface area contributed by atoms with Crippen LogP contribution in [-0.2, 0) is 0 Å². The summed E-state index contributed by atoms with van der Waals surface area (Å²) >= 11 is 0. The zero-order valence-electron chi connectivity index (χ0n) is 8.79. The van der Waals surface area contributed by atoms with Crippen LogP contribution in [0.25, 0.3) is 0 Å². The zero-order valence-corrected chi connectivity index (χ0v) is 8.79. The summed E-state index contributed by atoms with van der Waals surface area (Å²) in [6.45, 7) is 5.81. The van der Waals surface area contributed by atoms with Crippen molar-refractivity contribution in [3.63, 3.8) is 0 Å². The van der Waals surface area contributed by atoms with E-state index in [4.69, 9.17) is 5.11 Å². The third kappa shape index (κ3) is 3.63. The summed E-state index contributed by atoms with van der Waals surface area (Å²) in [5.74, 6) is 0.422. The Bertz CT molecular complexity index is 133. The predicted octanol–water partition coefficient (Wildman–Crippen LogP) is 0.299. The molecule has 0 aromatic carbocycles. The van der Waals surface area contributed by atoms with Crippen molar-refractivity contribution in [2.24, 2.45) is 5.92 Å². The second-order valence-corrected chi connectivity index (χ2v) is 4.15. The lowest BCUT2D eigenvalue weighted by Gasteiger charge is -2.33. The molecule has 0 bridgehead atoms. The lowest BCUT2D eigenvalue weighted by atomic mass is 10.0. The summed E-state index contributed by atoms with van der Waals surface area (Å²) in [6.07, 6.45) is 2.49. The molecule has 0 aromatic rings. The van der Waals surface area contributed by atoms with Crippen molar-refractivity contribution in [2.75, 3.05) is 33.3 Å². The van der Waals surface area contributed by atoms with Crippen LogP contribution in [0.2, 0.25) is 0 Å². The number of aliphatic hydroxyl groups is 1. The van der Waals surface area contributed by atoms with Crippen molar-refractivity contribution in [3.8, 4) is 0 Å². The minimum Gasteiger partial charge on any atom is -0.396 e. The molecule has 1 heterocycles. The first kappa shape index (κ1) is 11.0. The Hall–Kier alpha value is -0.120. The van der Waals surface area contributed by atoms with E-state index in [2.05, 4.69) is 17.1 Å². The monoisotopic (exact) mass is 186 g/mol. The quantitative estimate of drug-likeness (QED) is 0.663. The Labute approximate surface area is 81.1 Å². The SMILES string of the molecule is CNC1CCN(CC(C)CO)CC1. The van der Waals surface area contributed by atoms with Gasteiger partial charge in [0.15, 0.2) is 0 Å². The van der Waals surface area contributed by atoms with Crippen LogP contribution in [0.3, 0.4) is 0 Å². The first-order chi connectivity index (χ1) is 6.26. The van der Waals surface area contributed by atoms with Crippen molar-refractivity contribution >= 4 is 0 Å². The lowest BCUT2D eigenvalue weighted by molar-refractivity contribution is 0.144. The number of piperidine rings is 1. The molecule has 0 spiro atoms. The smallest absolute Gasteiger partial charge is 0.0468 e. The van der Waals surface area contributed by atoms with Crippen LogP contribution >= 0.6 is 0 Å². The van der Waals surface area contributed by atoms with Crippen LogP contribution < -0.4 is 5.32 Å². The molecule has 0 saturated carbocycles. The van der Waals surface area contributed by atoms with Crippen LogP contribution in [0.1, 0.15) is 19.8 Å². The van der Waals surface area contributed by atoms with Crippen LogP contribution in [0.4, 0.5) is 0 Å². The van der Waals surface area contributed by atoms with E-state index in [0.29, 0.717) is 18.6 Å². The van der Waals surface area contributed by atoms with Gasteiger partial charge in [-0.1, -0.05) is 6.92 Å². The molecular weight excluding hydrogens is 164 g/mol. The fourth-order valence-corrected chi connectivity index (χ4v) is 1.90. The molecule has 2 N–H and O–H groups in total. The van der Waals surface area contributed by atoms with Crippen LogP contribution in [0.15, 0.2) is 0 Å². The Morgan fingerprint density at radius 3 is 2.54 bits per heavy atom. The second-order valence-electron chi connectivity index (χ2n) is 4.15. The van der Waals surface area contributed by atoms with Crippen molar-refractivity contribution in [1.29, 1.82) is 0 Å². The lowest BCUT2D eigenvalue weighted by Crippen LogP contribution is -2.43. The van der Waals surface area contributed by atoms with Crippen LogP contribution in [0, 0.1) is 5.92 Å². The molecule has 1 fully saturated rings. The standard InChI is InChI=1S/C10H22N2O/c1-9(8-13)7-12-5-3-10(11-2)4-6-12/h9-11,13H,3-8H2,1-2H3. The summed E-state index contributed by atoms with van der Waals surface area (Å²) in [5.41, 5.74) is 0. The largest absolute Gasteiger partial charge is 0.396 e.